The van der Waals surface area contributed by atoms with E-state index in [4.69, 9.17) is 33.7 Å². The van der Waals surface area contributed by atoms with Gasteiger partial charge in [0.15, 0.2) is 0 Å². The molecule has 5 aromatic rings. The normalized spacial score (nSPS) is 20.0. The first-order valence-electron chi connectivity index (χ1n) is 30.6. The van der Waals surface area contributed by atoms with Gasteiger partial charge in [-0.15, -0.1) is 6.58 Å². The van der Waals surface area contributed by atoms with Crippen LogP contribution in [0.2, 0.25) is 0 Å². The van der Waals surface area contributed by atoms with E-state index in [-0.39, 0.29) is 70.1 Å². The Bertz CT molecular complexity index is 2950. The van der Waals surface area contributed by atoms with Crippen molar-refractivity contribution in [3.63, 3.8) is 0 Å². The van der Waals surface area contributed by atoms with E-state index in [0.29, 0.717) is 61.6 Å². The number of ether oxygens (including phenoxy) is 5. The molecule has 8 rings (SSSR count). The fourth-order valence-corrected chi connectivity index (χ4v) is 12.5. The number of non-ortho nitro benzene ring substituents is 1. The SMILES string of the molecule is C=CCOC12Oc3ccc(OC(=O)NCCCCCCCCCCCC)cc3C3C(CCCCO)C(CCCCO)C=C(C(=NOCc4ccc([N+](=O)[O-])cc4)CC1N(Cc1cccc4ccccc14)C(=O)OCCOCc1ccccc1)C32. The zero-order valence-electron chi connectivity index (χ0n) is 48.9. The molecule has 5 aromatic carbocycles. The van der Waals surface area contributed by atoms with Gasteiger partial charge in [-0.05, 0) is 107 Å². The van der Waals surface area contributed by atoms with Crippen LogP contribution in [0.25, 0.3) is 10.8 Å². The molecule has 0 bridgehead atoms. The Balaban J connectivity index is 1.20. The number of amides is 2. The zero-order chi connectivity index (χ0) is 58.9. The number of nitro groups is 1. The zero-order valence-corrected chi connectivity index (χ0v) is 48.9. The molecule has 1 saturated carbocycles. The fourth-order valence-electron chi connectivity index (χ4n) is 12.5. The lowest BCUT2D eigenvalue weighted by Gasteiger charge is -2.59. The molecule has 2 amide bonds. The summed E-state index contributed by atoms with van der Waals surface area (Å²) in [5, 5.41) is 41.8. The summed E-state index contributed by atoms with van der Waals surface area (Å²) in [5.74, 6) is -2.10. The third-order valence-electron chi connectivity index (χ3n) is 16.6. The number of aliphatic hydroxyl groups excluding tert-OH is 2. The van der Waals surface area contributed by atoms with Gasteiger partial charge in [-0.2, -0.15) is 0 Å². The number of unbranched alkanes of at least 4 members (excludes halogenated alkanes) is 11. The predicted octanol–water partition coefficient (Wildman–Crippen LogP) is 14.4. The first-order valence-corrected chi connectivity index (χ1v) is 30.6. The second-order valence-electron chi connectivity index (χ2n) is 22.4. The molecule has 1 aliphatic heterocycles. The second kappa shape index (κ2) is 32.8. The monoisotopic (exact) mass is 1150 g/mol. The molecule has 16 heteroatoms. The van der Waals surface area contributed by atoms with Gasteiger partial charge in [0, 0.05) is 49.8 Å². The van der Waals surface area contributed by atoms with E-state index >= 15 is 4.79 Å². The van der Waals surface area contributed by atoms with Gasteiger partial charge in [0.1, 0.15) is 30.8 Å². The Hall–Kier alpha value is -7.11. The van der Waals surface area contributed by atoms with Crippen molar-refractivity contribution in [2.45, 2.75) is 154 Å². The first-order chi connectivity index (χ1) is 41.2. The topological polar surface area (TPSA) is 201 Å². The summed E-state index contributed by atoms with van der Waals surface area (Å²) in [5.41, 5.74) is 4.59. The lowest BCUT2D eigenvalue weighted by Crippen LogP contribution is -2.70. The number of carbonyl (C=O) groups excluding carboxylic acids is 2. The Morgan fingerprint density at radius 3 is 2.25 bits per heavy atom. The predicted molar refractivity (Wildman–Crippen MR) is 326 cm³/mol. The standard InChI is InChI=1S/C68H86N4O12/c1-3-5-6-7-8-9-10-11-12-20-38-69-66(75)83-56-36-37-62-60(45-56)64-58(31-19-22-40-74)53(27-18-21-39-73)44-59-61(70-82-49-51-32-34-55(35-33-51)72(77)78)46-63(68(84-62,65(59)64)81-41-4-2)71(47-54-29-23-28-52-26-16-17-30-57(52)54)67(76)80-43-42-79-48-50-24-14-13-15-25-50/h4,13-17,23-26,28-30,32-37,44-45,53,58,63-65,73-74H,2-3,5-12,18-22,27,31,38-43,46-49H2,1H3,(H,69,75). The molecule has 0 saturated heterocycles. The third-order valence-corrected chi connectivity index (χ3v) is 16.6. The van der Waals surface area contributed by atoms with Gasteiger partial charge in [-0.1, -0.05) is 168 Å². The number of carbonyl (C=O) groups is 2. The minimum atomic E-state index is -1.64. The van der Waals surface area contributed by atoms with Crippen molar-refractivity contribution in [1.29, 1.82) is 0 Å². The smallest absolute Gasteiger partial charge is 0.412 e. The van der Waals surface area contributed by atoms with Crippen LogP contribution in [0, 0.1) is 27.9 Å². The van der Waals surface area contributed by atoms with Crippen LogP contribution >= 0.6 is 0 Å². The van der Waals surface area contributed by atoms with Crippen LogP contribution in [0.3, 0.4) is 0 Å². The van der Waals surface area contributed by atoms with Gasteiger partial charge in [-0.25, -0.2) is 9.59 Å². The molecule has 0 radical (unpaired) electrons. The van der Waals surface area contributed by atoms with E-state index in [1.807, 2.05) is 84.9 Å². The maximum atomic E-state index is 15.4. The van der Waals surface area contributed by atoms with Gasteiger partial charge in [0.05, 0.1) is 42.9 Å². The summed E-state index contributed by atoms with van der Waals surface area (Å²) in [6.45, 7) is 7.38. The molecule has 16 nitrogen and oxygen atoms in total. The molecule has 84 heavy (non-hydrogen) atoms. The highest BCUT2D eigenvalue weighted by molar-refractivity contribution is 6.03. The Morgan fingerprint density at radius 1 is 0.810 bits per heavy atom. The van der Waals surface area contributed by atoms with Gasteiger partial charge >= 0.3 is 12.2 Å². The summed E-state index contributed by atoms with van der Waals surface area (Å²) in [6, 6.07) is 34.4. The van der Waals surface area contributed by atoms with Crippen molar-refractivity contribution >= 4 is 34.4 Å². The second-order valence-corrected chi connectivity index (χ2v) is 22.4. The Kier molecular flexibility index (Phi) is 24.6. The average Bonchev–Trinajstić information content (AvgIpc) is 0.732. The number of fused-ring (bicyclic) bond motifs is 3. The van der Waals surface area contributed by atoms with Crippen molar-refractivity contribution in [2.75, 3.05) is 39.6 Å². The Labute approximate surface area is 495 Å². The van der Waals surface area contributed by atoms with E-state index < -0.39 is 40.8 Å². The summed E-state index contributed by atoms with van der Waals surface area (Å²) in [6.07, 6.45) is 18.7. The molecule has 6 atom stereocenters. The number of hydrogen-bond acceptors (Lipinski definition) is 13. The highest BCUT2D eigenvalue weighted by Gasteiger charge is 2.66. The number of allylic oxidation sites excluding steroid dienone is 1. The molecule has 3 aliphatic rings. The molecular formula is C68H86N4O12. The Morgan fingerprint density at radius 2 is 1.51 bits per heavy atom. The number of nitrogens with one attached hydrogen (secondary N) is 1. The maximum absolute atomic E-state index is 15.4. The fraction of sp³-hybridized carbons (Fsp3) is 0.485. The quantitative estimate of drug-likeness (QED) is 0.0150. The summed E-state index contributed by atoms with van der Waals surface area (Å²) >= 11 is 0. The van der Waals surface area contributed by atoms with Gasteiger partial charge in [0.2, 0.25) is 5.79 Å². The van der Waals surface area contributed by atoms with Crippen LogP contribution in [0.15, 0.2) is 145 Å². The highest BCUT2D eigenvalue weighted by Crippen LogP contribution is 2.62. The summed E-state index contributed by atoms with van der Waals surface area (Å²) in [7, 11) is 0. The van der Waals surface area contributed by atoms with Gasteiger partial charge in [0.25, 0.3) is 5.69 Å². The number of nitro benzene ring substituents is 1. The van der Waals surface area contributed by atoms with Crippen molar-refractivity contribution < 1.29 is 53.2 Å². The van der Waals surface area contributed by atoms with E-state index in [2.05, 4.69) is 24.9 Å². The maximum Gasteiger partial charge on any atom is 0.412 e. The van der Waals surface area contributed by atoms with Crippen LogP contribution in [-0.2, 0) is 38.8 Å². The lowest BCUT2D eigenvalue weighted by atomic mass is 9.55. The molecule has 0 aromatic heterocycles. The van der Waals surface area contributed by atoms with Crippen molar-refractivity contribution in [1.82, 2.24) is 10.2 Å². The van der Waals surface area contributed by atoms with Crippen molar-refractivity contribution in [2.24, 2.45) is 22.9 Å². The molecular weight excluding hydrogens is 1060 g/mol. The number of benzene rings is 5. The van der Waals surface area contributed by atoms with Crippen LogP contribution < -0.4 is 14.8 Å². The van der Waals surface area contributed by atoms with Crippen LogP contribution in [0.1, 0.15) is 144 Å². The molecule has 2 aliphatic carbocycles. The third kappa shape index (κ3) is 16.8. The lowest BCUT2D eigenvalue weighted by molar-refractivity contribution is -0.384. The molecule has 450 valence electrons. The summed E-state index contributed by atoms with van der Waals surface area (Å²) < 4.78 is 33.2. The van der Waals surface area contributed by atoms with Crippen molar-refractivity contribution in [3.8, 4) is 11.5 Å². The molecule has 3 N–H and O–H groups in total. The van der Waals surface area contributed by atoms with Crippen LogP contribution in [0.5, 0.6) is 11.5 Å². The van der Waals surface area contributed by atoms with Gasteiger partial charge in [-0.3, -0.25) is 15.0 Å². The van der Waals surface area contributed by atoms with Crippen LogP contribution in [-0.4, -0.2) is 89.3 Å². The largest absolute Gasteiger partial charge is 0.459 e. The minimum absolute atomic E-state index is 0.0125. The average molecular weight is 1150 g/mol. The van der Waals surface area contributed by atoms with E-state index in [9.17, 15) is 25.1 Å². The highest BCUT2D eigenvalue weighted by atomic mass is 16.7. The van der Waals surface area contributed by atoms with E-state index in [1.165, 1.54) is 57.1 Å². The minimum Gasteiger partial charge on any atom is -0.459 e. The summed E-state index contributed by atoms with van der Waals surface area (Å²) in [4.78, 5) is 48.2. The number of hydrogen-bond donors (Lipinski definition) is 3. The first kappa shape index (κ1) is 62.9. The number of oxime groups is 1. The molecule has 1 heterocycles. The molecule has 0 spiro atoms. The van der Waals surface area contributed by atoms with Crippen LogP contribution in [0.4, 0.5) is 15.3 Å². The van der Waals surface area contributed by atoms with Gasteiger partial charge < -0.3 is 44.1 Å². The van der Waals surface area contributed by atoms with E-state index in [0.717, 1.165) is 65.1 Å². The van der Waals surface area contributed by atoms with E-state index in [1.54, 1.807) is 29.2 Å². The molecule has 1 fully saturated rings. The number of nitrogens with zero attached hydrogens (tertiary/aromatic N) is 3. The van der Waals surface area contributed by atoms with Crippen molar-refractivity contribution in [3.05, 3.63) is 172 Å². The number of rotatable bonds is 35. The number of aliphatic hydroxyl groups is 2. The molecule has 6 unspecified atom stereocenters.